The molecule has 1 aromatic rings. The van der Waals surface area contributed by atoms with Crippen LogP contribution in [0.1, 0.15) is 63.5 Å². The van der Waals surface area contributed by atoms with Gasteiger partial charge in [0.2, 0.25) is 0 Å². The van der Waals surface area contributed by atoms with E-state index in [2.05, 4.69) is 13.8 Å². The SMILES string of the molecule is CCCC(CCC)CC1CC(=O)C(c2cc(O)ccc2C)=C1O. The van der Waals surface area contributed by atoms with Gasteiger partial charge in [-0.3, -0.25) is 4.79 Å². The van der Waals surface area contributed by atoms with E-state index < -0.39 is 0 Å². The molecule has 1 aromatic carbocycles. The van der Waals surface area contributed by atoms with Crippen LogP contribution in [0.2, 0.25) is 0 Å². The number of benzene rings is 1. The van der Waals surface area contributed by atoms with Gasteiger partial charge < -0.3 is 10.2 Å². The summed E-state index contributed by atoms with van der Waals surface area (Å²) in [6.45, 7) is 6.26. The number of phenols is 1. The van der Waals surface area contributed by atoms with E-state index in [1.54, 1.807) is 18.2 Å². The highest BCUT2D eigenvalue weighted by atomic mass is 16.3. The van der Waals surface area contributed by atoms with Crippen LogP contribution >= 0.6 is 0 Å². The first kappa shape index (κ1) is 17.6. The van der Waals surface area contributed by atoms with Gasteiger partial charge in [0.05, 0.1) is 5.57 Å². The first-order chi connectivity index (χ1) is 11.0. The van der Waals surface area contributed by atoms with Crippen molar-refractivity contribution in [3.05, 3.63) is 35.1 Å². The molecule has 0 fully saturated rings. The zero-order valence-electron chi connectivity index (χ0n) is 14.4. The fraction of sp³-hybridized carbons (Fsp3) is 0.550. The second kappa shape index (κ2) is 7.67. The second-order valence-electron chi connectivity index (χ2n) is 6.76. The number of hydrogen-bond donors (Lipinski definition) is 2. The Hall–Kier alpha value is -1.77. The van der Waals surface area contributed by atoms with Gasteiger partial charge in [0, 0.05) is 12.3 Å². The van der Waals surface area contributed by atoms with E-state index in [1.807, 2.05) is 6.92 Å². The molecule has 1 aliphatic carbocycles. The van der Waals surface area contributed by atoms with Gasteiger partial charge in [0.1, 0.15) is 11.5 Å². The first-order valence-electron chi connectivity index (χ1n) is 8.74. The smallest absolute Gasteiger partial charge is 0.167 e. The fourth-order valence-corrected chi connectivity index (χ4v) is 3.73. The molecular weight excluding hydrogens is 288 g/mol. The summed E-state index contributed by atoms with van der Waals surface area (Å²) in [5.74, 6) is 0.836. The van der Waals surface area contributed by atoms with Gasteiger partial charge in [-0.1, -0.05) is 45.6 Å². The highest BCUT2D eigenvalue weighted by molar-refractivity contribution is 6.24. The van der Waals surface area contributed by atoms with Gasteiger partial charge >= 0.3 is 0 Å². The van der Waals surface area contributed by atoms with Gasteiger partial charge in [-0.15, -0.1) is 0 Å². The summed E-state index contributed by atoms with van der Waals surface area (Å²) in [7, 11) is 0. The Morgan fingerprint density at radius 3 is 2.43 bits per heavy atom. The van der Waals surface area contributed by atoms with Crippen molar-refractivity contribution in [2.45, 2.75) is 59.3 Å². The van der Waals surface area contributed by atoms with Crippen LogP contribution in [0, 0.1) is 18.8 Å². The molecule has 0 saturated carbocycles. The summed E-state index contributed by atoms with van der Waals surface area (Å²) < 4.78 is 0. The zero-order valence-corrected chi connectivity index (χ0v) is 14.4. The van der Waals surface area contributed by atoms with Crippen molar-refractivity contribution >= 4 is 11.4 Å². The Balaban J connectivity index is 2.27. The van der Waals surface area contributed by atoms with Crippen LogP contribution in [-0.2, 0) is 4.79 Å². The van der Waals surface area contributed by atoms with E-state index in [4.69, 9.17) is 0 Å². The summed E-state index contributed by atoms with van der Waals surface area (Å²) in [6, 6.07) is 4.96. The average molecular weight is 316 g/mol. The molecule has 1 atom stereocenters. The largest absolute Gasteiger partial charge is 0.511 e. The number of rotatable bonds is 7. The highest BCUT2D eigenvalue weighted by Gasteiger charge is 2.34. The van der Waals surface area contributed by atoms with Crippen LogP contribution in [0.5, 0.6) is 5.75 Å². The van der Waals surface area contributed by atoms with Crippen molar-refractivity contribution in [2.75, 3.05) is 0 Å². The molecule has 2 N–H and O–H groups in total. The van der Waals surface area contributed by atoms with Crippen LogP contribution in [0.3, 0.4) is 0 Å². The lowest BCUT2D eigenvalue weighted by atomic mass is 9.87. The molecule has 126 valence electrons. The quantitative estimate of drug-likeness (QED) is 0.730. The molecular formula is C20H28O3. The lowest BCUT2D eigenvalue weighted by molar-refractivity contribution is -0.113. The lowest BCUT2D eigenvalue weighted by Gasteiger charge is -2.19. The minimum atomic E-state index is -0.0673. The number of aliphatic hydroxyl groups is 1. The van der Waals surface area contributed by atoms with Gasteiger partial charge in [-0.25, -0.2) is 0 Å². The number of aromatic hydroxyl groups is 1. The molecule has 1 unspecified atom stereocenters. The van der Waals surface area contributed by atoms with Crippen LogP contribution in [-0.4, -0.2) is 16.0 Å². The number of aliphatic hydroxyl groups excluding tert-OH is 1. The summed E-state index contributed by atoms with van der Waals surface area (Å²) in [5, 5.41) is 20.4. The van der Waals surface area contributed by atoms with E-state index in [1.165, 1.54) is 0 Å². The Labute approximate surface area is 139 Å². The number of hydrogen-bond acceptors (Lipinski definition) is 3. The summed E-state index contributed by atoms with van der Waals surface area (Å²) in [4.78, 5) is 12.5. The van der Waals surface area contributed by atoms with Crippen molar-refractivity contribution in [1.82, 2.24) is 0 Å². The van der Waals surface area contributed by atoms with Crippen molar-refractivity contribution in [2.24, 2.45) is 11.8 Å². The van der Waals surface area contributed by atoms with Crippen LogP contribution in [0.25, 0.3) is 5.57 Å². The molecule has 3 nitrogen and oxygen atoms in total. The molecule has 23 heavy (non-hydrogen) atoms. The number of carbonyl (C=O) groups is 1. The fourth-order valence-electron chi connectivity index (χ4n) is 3.73. The van der Waals surface area contributed by atoms with Crippen LogP contribution in [0.15, 0.2) is 24.0 Å². The van der Waals surface area contributed by atoms with E-state index >= 15 is 0 Å². The van der Waals surface area contributed by atoms with Crippen molar-refractivity contribution in [1.29, 1.82) is 0 Å². The van der Waals surface area contributed by atoms with Gasteiger partial charge in [-0.2, -0.15) is 0 Å². The molecule has 2 rings (SSSR count). The molecule has 0 heterocycles. The van der Waals surface area contributed by atoms with E-state index in [0.29, 0.717) is 23.5 Å². The second-order valence-corrected chi connectivity index (χ2v) is 6.76. The summed E-state index contributed by atoms with van der Waals surface area (Å²) in [6.07, 6.45) is 5.82. The Morgan fingerprint density at radius 2 is 1.83 bits per heavy atom. The van der Waals surface area contributed by atoms with Crippen LogP contribution in [0.4, 0.5) is 0 Å². The maximum atomic E-state index is 12.5. The van der Waals surface area contributed by atoms with Gasteiger partial charge in [-0.05, 0) is 42.5 Å². The molecule has 0 aromatic heterocycles. The maximum absolute atomic E-state index is 12.5. The predicted molar refractivity (Wildman–Crippen MR) is 93.4 cm³/mol. The van der Waals surface area contributed by atoms with E-state index in [-0.39, 0.29) is 23.2 Å². The summed E-state index contributed by atoms with van der Waals surface area (Å²) >= 11 is 0. The minimum absolute atomic E-state index is 0.00653. The molecule has 0 bridgehead atoms. The first-order valence-corrected chi connectivity index (χ1v) is 8.74. The third-order valence-electron chi connectivity index (χ3n) is 4.86. The Bertz CT molecular complexity index is 595. The molecule has 0 spiro atoms. The van der Waals surface area contributed by atoms with Crippen molar-refractivity contribution in [3.8, 4) is 5.75 Å². The number of Topliss-reactive ketones (excluding diaryl/α,β-unsaturated/α-hetero) is 1. The van der Waals surface area contributed by atoms with Gasteiger partial charge in [0.25, 0.3) is 0 Å². The third kappa shape index (κ3) is 3.95. The standard InChI is InChI=1S/C20H28O3/c1-4-6-14(7-5-2)10-15-11-18(22)19(20(15)23)17-12-16(21)9-8-13(17)3/h8-9,12,14-15,21,23H,4-7,10-11H2,1-3H3. The van der Waals surface area contributed by atoms with E-state index in [0.717, 1.165) is 37.7 Å². The average Bonchev–Trinajstić information content (AvgIpc) is 2.77. The maximum Gasteiger partial charge on any atom is 0.167 e. The number of carbonyl (C=O) groups excluding carboxylic acids is 1. The number of ketones is 1. The molecule has 0 amide bonds. The highest BCUT2D eigenvalue weighted by Crippen LogP contribution is 2.40. The predicted octanol–water partition coefficient (Wildman–Crippen LogP) is 5.17. The number of aryl methyl sites for hydroxylation is 1. The number of allylic oxidation sites excluding steroid dienone is 2. The van der Waals surface area contributed by atoms with Crippen LogP contribution < -0.4 is 0 Å². The minimum Gasteiger partial charge on any atom is -0.511 e. The van der Waals surface area contributed by atoms with Crippen molar-refractivity contribution in [3.63, 3.8) is 0 Å². The third-order valence-corrected chi connectivity index (χ3v) is 4.86. The zero-order chi connectivity index (χ0) is 17.0. The Morgan fingerprint density at radius 1 is 1.17 bits per heavy atom. The van der Waals surface area contributed by atoms with E-state index in [9.17, 15) is 15.0 Å². The lowest BCUT2D eigenvalue weighted by Crippen LogP contribution is -2.09. The summed E-state index contributed by atoms with van der Waals surface area (Å²) in [5.41, 5.74) is 1.98. The molecule has 1 aliphatic rings. The monoisotopic (exact) mass is 316 g/mol. The molecule has 3 heteroatoms. The topological polar surface area (TPSA) is 57.5 Å². The Kier molecular flexibility index (Phi) is 5.86. The molecule has 0 radical (unpaired) electrons. The number of phenolic OH excluding ortho intramolecular Hbond substituents is 1. The molecule has 0 saturated heterocycles. The molecule has 0 aliphatic heterocycles. The normalized spacial score (nSPS) is 18.3. The van der Waals surface area contributed by atoms with Crippen molar-refractivity contribution < 1.29 is 15.0 Å². The van der Waals surface area contributed by atoms with Gasteiger partial charge in [0.15, 0.2) is 5.78 Å².